The Balaban J connectivity index is 1.64. The zero-order valence-corrected chi connectivity index (χ0v) is 16.2. The molecule has 28 heavy (non-hydrogen) atoms. The number of nitrogens with two attached hydrogens (primary N) is 1. The molecule has 0 unspecified atom stereocenters. The van der Waals surface area contributed by atoms with E-state index in [1.165, 1.54) is 11.8 Å². The quantitative estimate of drug-likeness (QED) is 0.824. The van der Waals surface area contributed by atoms with Crippen LogP contribution in [0, 0.1) is 0 Å². The molecule has 1 fully saturated rings. The van der Waals surface area contributed by atoms with Crippen molar-refractivity contribution in [1.29, 1.82) is 0 Å². The Bertz CT molecular complexity index is 964. The molecule has 4 rings (SSSR count). The summed E-state index contributed by atoms with van der Waals surface area (Å²) in [5.41, 5.74) is 6.92. The van der Waals surface area contributed by atoms with Crippen LogP contribution in [0.4, 0.5) is 5.69 Å². The summed E-state index contributed by atoms with van der Waals surface area (Å²) >= 11 is 7.11. The Labute approximate surface area is 170 Å². The first-order valence-electron chi connectivity index (χ1n) is 8.49. The smallest absolute Gasteiger partial charge is 0.231 e. The van der Waals surface area contributed by atoms with Crippen LogP contribution in [0.5, 0.6) is 11.5 Å². The van der Waals surface area contributed by atoms with Crippen molar-refractivity contribution in [2.24, 2.45) is 10.7 Å². The fourth-order valence-electron chi connectivity index (χ4n) is 2.86. The third-order valence-corrected chi connectivity index (χ3v) is 5.74. The number of carbonyl (C=O) groups excluding carboxylic acids is 2. The molecule has 7 nitrogen and oxygen atoms in total. The molecule has 144 valence electrons. The number of hydrogen-bond donors (Lipinski definition) is 1. The average Bonchev–Trinajstić information content (AvgIpc) is 3.13. The third-order valence-electron chi connectivity index (χ3n) is 4.29. The lowest BCUT2D eigenvalue weighted by Gasteiger charge is -2.31. The van der Waals surface area contributed by atoms with Crippen LogP contribution in [-0.4, -0.2) is 33.9 Å². The number of hydrogen-bond acceptors (Lipinski definition) is 6. The summed E-state index contributed by atoms with van der Waals surface area (Å²) in [6, 6.07) is 12.4. The van der Waals surface area contributed by atoms with E-state index in [9.17, 15) is 9.59 Å². The van der Waals surface area contributed by atoms with E-state index >= 15 is 0 Å². The molecule has 1 atom stereocenters. The van der Waals surface area contributed by atoms with Gasteiger partial charge in [-0.2, -0.15) is 0 Å². The van der Waals surface area contributed by atoms with E-state index in [0.29, 0.717) is 33.9 Å². The molecule has 0 saturated carbocycles. The monoisotopic (exact) mass is 417 g/mol. The van der Waals surface area contributed by atoms with E-state index in [2.05, 4.69) is 4.99 Å². The second-order valence-corrected chi connectivity index (χ2v) is 7.86. The van der Waals surface area contributed by atoms with E-state index in [-0.39, 0.29) is 19.1 Å². The van der Waals surface area contributed by atoms with Gasteiger partial charge < -0.3 is 15.2 Å². The minimum absolute atomic E-state index is 0.0319. The second-order valence-electron chi connectivity index (χ2n) is 6.25. The molecular weight excluding hydrogens is 402 g/mol. The summed E-state index contributed by atoms with van der Waals surface area (Å²) < 4.78 is 10.7. The third kappa shape index (κ3) is 3.93. The van der Waals surface area contributed by atoms with Gasteiger partial charge in [-0.25, -0.2) is 4.99 Å². The van der Waals surface area contributed by atoms with E-state index < -0.39 is 11.2 Å². The Morgan fingerprint density at radius 1 is 1.21 bits per heavy atom. The molecule has 0 aliphatic carbocycles. The molecule has 2 aliphatic heterocycles. The molecule has 1 saturated heterocycles. The van der Waals surface area contributed by atoms with Crippen LogP contribution in [0.15, 0.2) is 47.5 Å². The number of thioether (sulfide) groups is 1. The van der Waals surface area contributed by atoms with Crippen molar-refractivity contribution in [3.63, 3.8) is 0 Å². The normalized spacial score (nSPS) is 19.9. The molecule has 2 aliphatic rings. The highest BCUT2D eigenvalue weighted by Gasteiger charge is 2.35. The van der Waals surface area contributed by atoms with Crippen molar-refractivity contribution in [3.8, 4) is 11.5 Å². The summed E-state index contributed by atoms with van der Waals surface area (Å²) in [5, 5.41) is 0.357. The van der Waals surface area contributed by atoms with Crippen molar-refractivity contribution in [2.45, 2.75) is 18.2 Å². The fraction of sp³-hybridized carbons (Fsp3) is 0.211. The number of aliphatic imine (C=N–C) groups is 1. The molecule has 2 aromatic carbocycles. The first kappa shape index (κ1) is 18.6. The average molecular weight is 418 g/mol. The van der Waals surface area contributed by atoms with Crippen LogP contribution in [0.25, 0.3) is 0 Å². The summed E-state index contributed by atoms with van der Waals surface area (Å²) in [6.07, 6.45) is 0.0319. The van der Waals surface area contributed by atoms with Gasteiger partial charge in [0, 0.05) is 11.4 Å². The van der Waals surface area contributed by atoms with Crippen LogP contribution in [0.3, 0.4) is 0 Å². The Morgan fingerprint density at radius 2 is 1.96 bits per heavy atom. The number of benzene rings is 2. The van der Waals surface area contributed by atoms with Crippen LogP contribution < -0.4 is 15.2 Å². The lowest BCUT2D eigenvalue weighted by atomic mass is 10.1. The predicted octanol–water partition coefficient (Wildman–Crippen LogP) is 3.08. The Kier molecular flexibility index (Phi) is 5.15. The summed E-state index contributed by atoms with van der Waals surface area (Å²) in [5.74, 6) is 0.561. The van der Waals surface area contributed by atoms with Crippen molar-refractivity contribution in [1.82, 2.24) is 4.90 Å². The molecular formula is C19H16ClN3O4S. The SMILES string of the molecule is NC(=O)[C@@H]1CC(=O)N(Cc2ccc3c(c2)OCO3)C(=Nc2ccc(Cl)cc2)S1. The van der Waals surface area contributed by atoms with Crippen molar-refractivity contribution >= 4 is 46.0 Å². The number of amidine groups is 1. The highest BCUT2D eigenvalue weighted by molar-refractivity contribution is 8.15. The van der Waals surface area contributed by atoms with E-state index in [1.54, 1.807) is 29.2 Å². The van der Waals surface area contributed by atoms with Crippen LogP contribution >= 0.6 is 23.4 Å². The number of rotatable bonds is 4. The molecule has 2 amide bonds. The van der Waals surface area contributed by atoms with Gasteiger partial charge in [0.05, 0.1) is 17.5 Å². The lowest BCUT2D eigenvalue weighted by molar-refractivity contribution is -0.130. The zero-order valence-electron chi connectivity index (χ0n) is 14.6. The van der Waals surface area contributed by atoms with E-state index in [4.69, 9.17) is 26.8 Å². The summed E-state index contributed by atoms with van der Waals surface area (Å²) in [4.78, 5) is 30.5. The summed E-state index contributed by atoms with van der Waals surface area (Å²) in [6.45, 7) is 0.473. The van der Waals surface area contributed by atoms with Crippen LogP contribution in [-0.2, 0) is 16.1 Å². The Hall–Kier alpha value is -2.71. The van der Waals surface area contributed by atoms with Crippen LogP contribution in [0.2, 0.25) is 5.02 Å². The molecule has 0 bridgehead atoms. The van der Waals surface area contributed by atoms with E-state index in [0.717, 1.165) is 5.56 Å². The Morgan fingerprint density at radius 3 is 2.71 bits per heavy atom. The molecule has 9 heteroatoms. The van der Waals surface area contributed by atoms with Gasteiger partial charge in [0.15, 0.2) is 16.7 Å². The number of carbonyl (C=O) groups is 2. The standard InChI is InChI=1S/C19H16ClN3O4S/c20-12-2-4-13(5-3-12)22-19-23(17(24)8-16(28-19)18(21)25)9-11-1-6-14-15(7-11)27-10-26-14/h1-7,16H,8-10H2,(H2,21,25)/t16-/m0/s1. The molecule has 2 N–H and O–H groups in total. The number of halogens is 1. The fourth-order valence-corrected chi connectivity index (χ4v) is 4.03. The van der Waals surface area contributed by atoms with Gasteiger partial charge in [0.2, 0.25) is 18.6 Å². The number of primary amides is 1. The summed E-state index contributed by atoms with van der Waals surface area (Å²) in [7, 11) is 0. The minimum Gasteiger partial charge on any atom is -0.454 e. The van der Waals surface area contributed by atoms with Gasteiger partial charge in [-0.3, -0.25) is 14.5 Å². The van der Waals surface area contributed by atoms with Gasteiger partial charge in [-0.05, 0) is 42.0 Å². The predicted molar refractivity (Wildman–Crippen MR) is 107 cm³/mol. The number of amides is 2. The maximum atomic E-state index is 12.7. The largest absolute Gasteiger partial charge is 0.454 e. The molecule has 2 heterocycles. The minimum atomic E-state index is -0.647. The van der Waals surface area contributed by atoms with Crippen molar-refractivity contribution in [2.75, 3.05) is 6.79 Å². The molecule has 0 aromatic heterocycles. The zero-order chi connectivity index (χ0) is 19.7. The number of nitrogens with zero attached hydrogens (tertiary/aromatic N) is 2. The van der Waals surface area contributed by atoms with Gasteiger partial charge >= 0.3 is 0 Å². The highest BCUT2D eigenvalue weighted by Crippen LogP contribution is 2.34. The van der Waals surface area contributed by atoms with Crippen molar-refractivity contribution in [3.05, 3.63) is 53.1 Å². The van der Waals surface area contributed by atoms with Gasteiger partial charge in [0.1, 0.15) is 0 Å². The number of ether oxygens (including phenoxy) is 2. The highest BCUT2D eigenvalue weighted by atomic mass is 35.5. The first-order chi connectivity index (χ1) is 13.5. The van der Waals surface area contributed by atoms with Gasteiger partial charge in [-0.15, -0.1) is 0 Å². The van der Waals surface area contributed by atoms with E-state index in [1.807, 2.05) is 18.2 Å². The topological polar surface area (TPSA) is 94.2 Å². The maximum Gasteiger partial charge on any atom is 0.231 e. The van der Waals surface area contributed by atoms with Crippen LogP contribution in [0.1, 0.15) is 12.0 Å². The molecule has 0 spiro atoms. The van der Waals surface area contributed by atoms with Crippen molar-refractivity contribution < 1.29 is 19.1 Å². The second kappa shape index (κ2) is 7.73. The lowest BCUT2D eigenvalue weighted by Crippen LogP contribution is -2.45. The van der Waals surface area contributed by atoms with Gasteiger partial charge in [0.25, 0.3) is 0 Å². The first-order valence-corrected chi connectivity index (χ1v) is 9.74. The van der Waals surface area contributed by atoms with Gasteiger partial charge in [-0.1, -0.05) is 29.4 Å². The molecule has 0 radical (unpaired) electrons. The molecule has 2 aromatic rings. The number of fused-ring (bicyclic) bond motifs is 1. The maximum absolute atomic E-state index is 12.7.